The van der Waals surface area contributed by atoms with E-state index in [4.69, 9.17) is 10.6 Å². The minimum absolute atomic E-state index is 0.00134. The van der Waals surface area contributed by atoms with Gasteiger partial charge in [-0.05, 0) is 5.92 Å². The largest absolute Gasteiger partial charge is 0.383 e. The number of hydrogen-bond acceptors (Lipinski definition) is 3. The van der Waals surface area contributed by atoms with E-state index in [2.05, 4.69) is 5.32 Å². The maximum absolute atomic E-state index is 10.8. The van der Waals surface area contributed by atoms with Gasteiger partial charge in [-0.1, -0.05) is 13.8 Å². The van der Waals surface area contributed by atoms with Crippen LogP contribution in [0.3, 0.4) is 0 Å². The highest BCUT2D eigenvalue weighted by molar-refractivity contribution is 5.73. The van der Waals surface area contributed by atoms with Gasteiger partial charge in [0.15, 0.2) is 0 Å². The molecule has 0 aliphatic heterocycles. The summed E-state index contributed by atoms with van der Waals surface area (Å²) >= 11 is 0. The Morgan fingerprint density at radius 1 is 1.58 bits per heavy atom. The molecule has 0 fully saturated rings. The summed E-state index contributed by atoms with van der Waals surface area (Å²) in [5.41, 5.74) is 2.00. The Labute approximate surface area is 72.6 Å². The molecule has 12 heavy (non-hydrogen) atoms. The molecule has 0 aliphatic rings. The summed E-state index contributed by atoms with van der Waals surface area (Å²) in [5.74, 6) is 5.24. The first-order valence-corrected chi connectivity index (χ1v) is 3.87. The van der Waals surface area contributed by atoms with Crippen LogP contribution < -0.4 is 16.6 Å². The highest BCUT2D eigenvalue weighted by Gasteiger charge is 2.14. The highest BCUT2D eigenvalue weighted by atomic mass is 16.5. The molecule has 0 aromatic carbocycles. The quantitative estimate of drug-likeness (QED) is 0.315. The third-order valence-corrected chi connectivity index (χ3v) is 1.60. The van der Waals surface area contributed by atoms with Gasteiger partial charge in [0.05, 0.1) is 12.6 Å². The van der Waals surface area contributed by atoms with Crippen LogP contribution in [0, 0.1) is 5.92 Å². The Bertz CT molecular complexity index is 139. The molecule has 0 saturated heterocycles. The molecule has 0 radical (unpaired) electrons. The van der Waals surface area contributed by atoms with Crippen molar-refractivity contribution in [2.75, 3.05) is 13.7 Å². The number of methoxy groups -OCH3 is 1. The number of nitrogens with two attached hydrogens (primary N) is 1. The number of rotatable bonds is 4. The number of amides is 2. The Balaban J connectivity index is 3.86. The second-order valence-corrected chi connectivity index (χ2v) is 2.92. The molecule has 0 aromatic rings. The van der Waals surface area contributed by atoms with E-state index in [1.54, 1.807) is 7.11 Å². The fraction of sp³-hybridized carbons (Fsp3) is 0.857. The van der Waals surface area contributed by atoms with Gasteiger partial charge in [-0.2, -0.15) is 0 Å². The van der Waals surface area contributed by atoms with Crippen LogP contribution in [0.5, 0.6) is 0 Å². The first-order chi connectivity index (χ1) is 5.61. The van der Waals surface area contributed by atoms with Crippen LogP contribution in [0.4, 0.5) is 4.79 Å². The Hall–Kier alpha value is -0.810. The van der Waals surface area contributed by atoms with Crippen molar-refractivity contribution in [3.8, 4) is 0 Å². The van der Waals surface area contributed by atoms with Crippen molar-refractivity contribution in [3.63, 3.8) is 0 Å². The third kappa shape index (κ3) is 4.15. The van der Waals surface area contributed by atoms with Crippen molar-refractivity contribution in [1.82, 2.24) is 10.7 Å². The fourth-order valence-electron chi connectivity index (χ4n) is 0.790. The van der Waals surface area contributed by atoms with E-state index in [1.807, 2.05) is 19.3 Å². The average Bonchev–Trinajstić information content (AvgIpc) is 2.03. The van der Waals surface area contributed by atoms with Crippen LogP contribution in [0.15, 0.2) is 0 Å². The summed E-state index contributed by atoms with van der Waals surface area (Å²) in [6.45, 7) is 4.49. The molecule has 0 bridgehead atoms. The predicted octanol–water partition coefficient (Wildman–Crippen LogP) is -0.170. The van der Waals surface area contributed by atoms with E-state index in [9.17, 15) is 4.79 Å². The molecule has 0 heterocycles. The molecular formula is C7H17N3O2. The van der Waals surface area contributed by atoms with Crippen LogP contribution in [0.1, 0.15) is 13.8 Å². The van der Waals surface area contributed by atoms with E-state index >= 15 is 0 Å². The van der Waals surface area contributed by atoms with Gasteiger partial charge in [-0.25, -0.2) is 10.6 Å². The van der Waals surface area contributed by atoms with Crippen LogP contribution in [0.2, 0.25) is 0 Å². The maximum Gasteiger partial charge on any atom is 0.329 e. The number of urea groups is 1. The van der Waals surface area contributed by atoms with Crippen LogP contribution >= 0.6 is 0 Å². The van der Waals surface area contributed by atoms with Gasteiger partial charge in [0.2, 0.25) is 0 Å². The van der Waals surface area contributed by atoms with Crippen molar-refractivity contribution < 1.29 is 9.53 Å². The second-order valence-electron chi connectivity index (χ2n) is 2.92. The normalized spacial score (nSPS) is 12.8. The summed E-state index contributed by atoms with van der Waals surface area (Å²) in [6, 6.07) is -0.385. The topological polar surface area (TPSA) is 76.4 Å². The molecule has 0 aliphatic carbocycles. The standard InChI is InChI=1S/C7H17N3O2/c1-5(2)6(4-12-3)9-7(11)10-8/h5-6H,4,8H2,1-3H3,(H2,9,10,11). The fourth-order valence-corrected chi connectivity index (χ4v) is 0.790. The molecule has 0 rings (SSSR count). The average molecular weight is 175 g/mol. The molecule has 5 nitrogen and oxygen atoms in total. The Morgan fingerprint density at radius 2 is 2.17 bits per heavy atom. The molecular weight excluding hydrogens is 158 g/mol. The molecule has 5 heteroatoms. The van der Waals surface area contributed by atoms with E-state index in [0.29, 0.717) is 12.5 Å². The van der Waals surface area contributed by atoms with Crippen LogP contribution in [0.25, 0.3) is 0 Å². The molecule has 1 atom stereocenters. The lowest BCUT2D eigenvalue weighted by atomic mass is 10.1. The molecule has 2 amide bonds. The number of nitrogens with one attached hydrogen (secondary N) is 2. The Morgan fingerprint density at radius 3 is 2.50 bits per heavy atom. The summed E-state index contributed by atoms with van der Waals surface area (Å²) in [6.07, 6.45) is 0. The maximum atomic E-state index is 10.8. The van der Waals surface area contributed by atoms with Gasteiger partial charge in [0.25, 0.3) is 0 Å². The minimum atomic E-state index is -0.384. The van der Waals surface area contributed by atoms with Crippen molar-refractivity contribution in [2.45, 2.75) is 19.9 Å². The zero-order valence-electron chi connectivity index (χ0n) is 7.76. The van der Waals surface area contributed by atoms with Crippen LogP contribution in [-0.2, 0) is 4.74 Å². The van der Waals surface area contributed by atoms with Crippen molar-refractivity contribution in [3.05, 3.63) is 0 Å². The minimum Gasteiger partial charge on any atom is -0.383 e. The highest BCUT2D eigenvalue weighted by Crippen LogP contribution is 2.00. The number of hydrogen-bond donors (Lipinski definition) is 3. The van der Waals surface area contributed by atoms with Gasteiger partial charge in [0, 0.05) is 7.11 Å². The summed E-state index contributed by atoms with van der Waals surface area (Å²) in [5, 5.41) is 2.67. The first-order valence-electron chi connectivity index (χ1n) is 3.87. The monoisotopic (exact) mass is 175 g/mol. The molecule has 0 saturated carbocycles. The van der Waals surface area contributed by atoms with Crippen molar-refractivity contribution in [2.24, 2.45) is 11.8 Å². The molecule has 1 unspecified atom stereocenters. The molecule has 0 spiro atoms. The summed E-state index contributed by atoms with van der Waals surface area (Å²) in [4.78, 5) is 10.8. The smallest absolute Gasteiger partial charge is 0.329 e. The zero-order chi connectivity index (χ0) is 9.56. The summed E-state index contributed by atoms with van der Waals surface area (Å²) < 4.78 is 4.93. The Kier molecular flexibility index (Phi) is 5.40. The summed E-state index contributed by atoms with van der Waals surface area (Å²) in [7, 11) is 1.59. The SMILES string of the molecule is COCC(NC(=O)NN)C(C)C. The molecule has 0 aromatic heterocycles. The second kappa shape index (κ2) is 5.79. The van der Waals surface area contributed by atoms with Gasteiger partial charge < -0.3 is 10.1 Å². The molecule has 4 N–H and O–H groups in total. The van der Waals surface area contributed by atoms with Crippen molar-refractivity contribution in [1.29, 1.82) is 0 Å². The van der Waals surface area contributed by atoms with Gasteiger partial charge in [-0.15, -0.1) is 0 Å². The van der Waals surface area contributed by atoms with Crippen molar-refractivity contribution >= 4 is 6.03 Å². The van der Waals surface area contributed by atoms with E-state index in [1.165, 1.54) is 0 Å². The van der Waals surface area contributed by atoms with Gasteiger partial charge in [0.1, 0.15) is 0 Å². The zero-order valence-corrected chi connectivity index (χ0v) is 7.76. The lowest BCUT2D eigenvalue weighted by Crippen LogP contribution is -2.48. The number of ether oxygens (including phenoxy) is 1. The third-order valence-electron chi connectivity index (χ3n) is 1.60. The number of carbonyl (C=O) groups excluding carboxylic acids is 1. The van der Waals surface area contributed by atoms with E-state index in [0.717, 1.165) is 0 Å². The van der Waals surface area contributed by atoms with E-state index in [-0.39, 0.29) is 12.1 Å². The lowest BCUT2D eigenvalue weighted by molar-refractivity contribution is 0.148. The van der Waals surface area contributed by atoms with E-state index < -0.39 is 0 Å². The molecule has 72 valence electrons. The lowest BCUT2D eigenvalue weighted by Gasteiger charge is -2.20. The van der Waals surface area contributed by atoms with Crippen LogP contribution in [-0.4, -0.2) is 25.8 Å². The van der Waals surface area contributed by atoms with Gasteiger partial charge >= 0.3 is 6.03 Å². The predicted molar refractivity (Wildman–Crippen MR) is 46.4 cm³/mol. The van der Waals surface area contributed by atoms with Gasteiger partial charge in [-0.3, -0.25) is 5.43 Å². The number of hydrazine groups is 1. The first kappa shape index (κ1) is 11.2. The number of carbonyl (C=O) groups is 1.